The fourth-order valence-electron chi connectivity index (χ4n) is 4.31. The van der Waals surface area contributed by atoms with Gasteiger partial charge in [0.25, 0.3) is 0 Å². The first-order chi connectivity index (χ1) is 13.2. The summed E-state index contributed by atoms with van der Waals surface area (Å²) in [5, 5.41) is 2.94. The number of rotatable bonds is 6. The van der Waals surface area contributed by atoms with Gasteiger partial charge >= 0.3 is 0 Å². The molecule has 0 aliphatic carbocycles. The average Bonchev–Trinajstić information content (AvgIpc) is 3.23. The fraction of sp³-hybridized carbons (Fsp3) is 0.667. The molecule has 0 saturated carbocycles. The Bertz CT molecular complexity index is 608. The van der Waals surface area contributed by atoms with E-state index in [-0.39, 0.29) is 18.1 Å². The maximum atomic E-state index is 11.3. The maximum absolute atomic E-state index is 11.3. The SMILES string of the molecule is O=C1COC2(CCN(c3ccc(OCCCN4CCCC4)cc3)CC2)CN1. The van der Waals surface area contributed by atoms with Gasteiger partial charge in [0.1, 0.15) is 12.4 Å². The summed E-state index contributed by atoms with van der Waals surface area (Å²) in [7, 11) is 0. The van der Waals surface area contributed by atoms with Gasteiger partial charge in [0.15, 0.2) is 0 Å². The van der Waals surface area contributed by atoms with Crippen LogP contribution < -0.4 is 15.0 Å². The number of carbonyl (C=O) groups excluding carboxylic acids is 1. The Morgan fingerprint density at radius 1 is 1.07 bits per heavy atom. The number of anilines is 1. The molecule has 0 radical (unpaired) electrons. The Kier molecular flexibility index (Phi) is 5.83. The monoisotopic (exact) mass is 373 g/mol. The van der Waals surface area contributed by atoms with E-state index in [2.05, 4.69) is 39.4 Å². The Hall–Kier alpha value is -1.79. The Morgan fingerprint density at radius 2 is 1.81 bits per heavy atom. The molecule has 4 rings (SSSR count). The number of amides is 1. The van der Waals surface area contributed by atoms with Gasteiger partial charge in [-0.15, -0.1) is 0 Å². The third-order valence-corrected chi connectivity index (χ3v) is 6.08. The zero-order valence-corrected chi connectivity index (χ0v) is 16.1. The van der Waals surface area contributed by atoms with E-state index >= 15 is 0 Å². The zero-order valence-electron chi connectivity index (χ0n) is 16.1. The number of hydrogen-bond acceptors (Lipinski definition) is 5. The van der Waals surface area contributed by atoms with Crippen LogP contribution in [0, 0.1) is 0 Å². The van der Waals surface area contributed by atoms with E-state index in [1.165, 1.54) is 31.6 Å². The molecule has 0 bridgehead atoms. The van der Waals surface area contributed by atoms with E-state index in [0.717, 1.165) is 51.3 Å². The summed E-state index contributed by atoms with van der Waals surface area (Å²) in [5.41, 5.74) is 1.07. The van der Waals surface area contributed by atoms with E-state index in [9.17, 15) is 4.79 Å². The van der Waals surface area contributed by atoms with Gasteiger partial charge in [-0.3, -0.25) is 4.79 Å². The molecule has 3 heterocycles. The van der Waals surface area contributed by atoms with Crippen LogP contribution in [0.3, 0.4) is 0 Å². The summed E-state index contributed by atoms with van der Waals surface area (Å²) in [6, 6.07) is 8.45. The highest BCUT2D eigenvalue weighted by Gasteiger charge is 2.38. The van der Waals surface area contributed by atoms with Gasteiger partial charge in [0, 0.05) is 31.9 Å². The molecular weight excluding hydrogens is 342 g/mol. The van der Waals surface area contributed by atoms with Crippen molar-refractivity contribution in [3.8, 4) is 5.75 Å². The number of benzene rings is 1. The first-order valence-electron chi connectivity index (χ1n) is 10.3. The lowest BCUT2D eigenvalue weighted by Gasteiger charge is -2.44. The molecule has 6 nitrogen and oxygen atoms in total. The number of piperidine rings is 1. The summed E-state index contributed by atoms with van der Waals surface area (Å²) in [5.74, 6) is 0.950. The molecule has 0 atom stereocenters. The van der Waals surface area contributed by atoms with Crippen molar-refractivity contribution in [1.82, 2.24) is 10.2 Å². The smallest absolute Gasteiger partial charge is 0.246 e. The molecule has 1 aromatic carbocycles. The molecule has 0 unspecified atom stereocenters. The summed E-state index contributed by atoms with van der Waals surface area (Å²) < 4.78 is 11.8. The van der Waals surface area contributed by atoms with Crippen LogP contribution in [0.1, 0.15) is 32.1 Å². The highest BCUT2D eigenvalue weighted by molar-refractivity contribution is 5.78. The van der Waals surface area contributed by atoms with Gasteiger partial charge in [-0.25, -0.2) is 0 Å². The van der Waals surface area contributed by atoms with Crippen molar-refractivity contribution in [2.24, 2.45) is 0 Å². The molecule has 1 spiro atoms. The van der Waals surface area contributed by atoms with Crippen molar-refractivity contribution in [2.45, 2.75) is 37.7 Å². The molecule has 3 saturated heterocycles. The lowest BCUT2D eigenvalue weighted by molar-refractivity contribution is -0.146. The summed E-state index contributed by atoms with van der Waals surface area (Å²) in [6.07, 6.45) is 5.68. The Morgan fingerprint density at radius 3 is 2.48 bits per heavy atom. The summed E-state index contributed by atoms with van der Waals surface area (Å²) in [4.78, 5) is 16.2. The molecule has 1 N–H and O–H groups in total. The minimum atomic E-state index is -0.164. The predicted molar refractivity (Wildman–Crippen MR) is 105 cm³/mol. The van der Waals surface area contributed by atoms with E-state index in [0.29, 0.717) is 6.54 Å². The first-order valence-corrected chi connectivity index (χ1v) is 10.3. The van der Waals surface area contributed by atoms with Crippen LogP contribution in [0.25, 0.3) is 0 Å². The fourth-order valence-corrected chi connectivity index (χ4v) is 4.31. The molecule has 148 valence electrons. The summed E-state index contributed by atoms with van der Waals surface area (Å²) >= 11 is 0. The van der Waals surface area contributed by atoms with Crippen LogP contribution in [0.15, 0.2) is 24.3 Å². The maximum Gasteiger partial charge on any atom is 0.246 e. The van der Waals surface area contributed by atoms with Crippen molar-refractivity contribution in [3.63, 3.8) is 0 Å². The number of nitrogens with one attached hydrogen (secondary N) is 1. The van der Waals surface area contributed by atoms with Crippen molar-refractivity contribution in [3.05, 3.63) is 24.3 Å². The van der Waals surface area contributed by atoms with Crippen LogP contribution in [0.2, 0.25) is 0 Å². The van der Waals surface area contributed by atoms with Gasteiger partial charge in [-0.2, -0.15) is 0 Å². The van der Waals surface area contributed by atoms with Crippen LogP contribution in [-0.4, -0.2) is 68.9 Å². The lowest BCUT2D eigenvalue weighted by Crippen LogP contribution is -2.57. The van der Waals surface area contributed by atoms with Crippen molar-refractivity contribution < 1.29 is 14.3 Å². The third-order valence-electron chi connectivity index (χ3n) is 6.08. The second-order valence-electron chi connectivity index (χ2n) is 7.98. The second-order valence-corrected chi connectivity index (χ2v) is 7.98. The van der Waals surface area contributed by atoms with Gasteiger partial charge in [-0.1, -0.05) is 0 Å². The van der Waals surface area contributed by atoms with Crippen LogP contribution in [-0.2, 0) is 9.53 Å². The number of morpholine rings is 1. The molecule has 1 amide bonds. The molecule has 3 fully saturated rings. The Labute approximate surface area is 161 Å². The van der Waals surface area contributed by atoms with Crippen molar-refractivity contribution in [2.75, 3.05) is 57.4 Å². The molecule has 3 aliphatic heterocycles. The van der Waals surface area contributed by atoms with E-state index < -0.39 is 0 Å². The normalized spacial score (nSPS) is 22.8. The second kappa shape index (κ2) is 8.48. The lowest BCUT2D eigenvalue weighted by atomic mass is 9.89. The third kappa shape index (κ3) is 4.74. The molecule has 27 heavy (non-hydrogen) atoms. The van der Waals surface area contributed by atoms with E-state index in [1.54, 1.807) is 0 Å². The first kappa shape index (κ1) is 18.6. The average molecular weight is 373 g/mol. The quantitative estimate of drug-likeness (QED) is 0.774. The van der Waals surface area contributed by atoms with Crippen LogP contribution in [0.5, 0.6) is 5.75 Å². The molecule has 3 aliphatic rings. The molecular formula is C21H31N3O3. The Balaban J connectivity index is 1.20. The highest BCUT2D eigenvalue weighted by Crippen LogP contribution is 2.31. The standard InChI is InChI=1S/C21H31N3O3/c25-20-16-27-21(17-22-20)8-13-24(14-9-21)18-4-6-19(7-5-18)26-15-3-12-23-10-1-2-11-23/h4-7H,1-3,8-17H2,(H,22,25). The number of ether oxygens (including phenoxy) is 2. The summed E-state index contributed by atoms with van der Waals surface area (Å²) in [6.45, 7) is 7.18. The van der Waals surface area contributed by atoms with Gasteiger partial charge < -0.3 is 24.6 Å². The van der Waals surface area contributed by atoms with E-state index in [4.69, 9.17) is 9.47 Å². The minimum absolute atomic E-state index is 0.000858. The van der Waals surface area contributed by atoms with Gasteiger partial charge in [-0.05, 0) is 69.5 Å². The zero-order chi connectivity index (χ0) is 18.5. The number of carbonyl (C=O) groups is 1. The van der Waals surface area contributed by atoms with E-state index in [1.807, 2.05) is 0 Å². The van der Waals surface area contributed by atoms with Crippen molar-refractivity contribution in [1.29, 1.82) is 0 Å². The van der Waals surface area contributed by atoms with Crippen molar-refractivity contribution >= 4 is 11.6 Å². The number of hydrogen-bond donors (Lipinski definition) is 1. The van der Waals surface area contributed by atoms with Crippen LogP contribution in [0.4, 0.5) is 5.69 Å². The largest absolute Gasteiger partial charge is 0.494 e. The molecule has 1 aromatic rings. The topological polar surface area (TPSA) is 54.0 Å². The molecule has 6 heteroatoms. The van der Waals surface area contributed by atoms with Gasteiger partial charge in [0.2, 0.25) is 5.91 Å². The molecule has 0 aromatic heterocycles. The number of nitrogens with zero attached hydrogens (tertiary/aromatic N) is 2. The predicted octanol–water partition coefficient (Wildman–Crippen LogP) is 2.04. The van der Waals surface area contributed by atoms with Crippen LogP contribution >= 0.6 is 0 Å². The van der Waals surface area contributed by atoms with Gasteiger partial charge in [0.05, 0.1) is 12.2 Å². The minimum Gasteiger partial charge on any atom is -0.494 e. The highest BCUT2D eigenvalue weighted by atomic mass is 16.5. The number of likely N-dealkylation sites (tertiary alicyclic amines) is 1.